The fourth-order valence-corrected chi connectivity index (χ4v) is 2.72. The lowest BCUT2D eigenvalue weighted by molar-refractivity contribution is -0.130. The number of likely N-dealkylation sites (tertiary alicyclic amines) is 1. The molecule has 0 aromatic heterocycles. The molecule has 122 valence electrons. The van der Waals surface area contributed by atoms with E-state index in [9.17, 15) is 4.79 Å². The van der Waals surface area contributed by atoms with Gasteiger partial charge in [0.1, 0.15) is 5.75 Å². The molecule has 0 aliphatic carbocycles. The molecular weight excluding hydrogens is 276 g/mol. The van der Waals surface area contributed by atoms with Crippen LogP contribution in [0.2, 0.25) is 0 Å². The maximum atomic E-state index is 12.2. The third-order valence-corrected chi connectivity index (χ3v) is 3.85. The van der Waals surface area contributed by atoms with Gasteiger partial charge in [-0.1, -0.05) is 12.8 Å². The molecule has 1 aromatic carbocycles. The summed E-state index contributed by atoms with van der Waals surface area (Å²) in [4.78, 5) is 14.2. The Morgan fingerprint density at radius 1 is 1.14 bits per heavy atom. The summed E-state index contributed by atoms with van der Waals surface area (Å²) in [5.74, 6) is 1.15. The number of amides is 1. The molecule has 0 radical (unpaired) electrons. The molecule has 1 heterocycles. The summed E-state index contributed by atoms with van der Waals surface area (Å²) in [7, 11) is 0. The van der Waals surface area contributed by atoms with Crippen molar-refractivity contribution >= 4 is 11.6 Å². The Kier molecular flexibility index (Phi) is 6.56. The van der Waals surface area contributed by atoms with Crippen LogP contribution >= 0.6 is 0 Å². The summed E-state index contributed by atoms with van der Waals surface area (Å²) in [5.41, 5.74) is 1.03. The Balaban J connectivity index is 1.72. The first-order valence-corrected chi connectivity index (χ1v) is 8.43. The van der Waals surface area contributed by atoms with Crippen molar-refractivity contribution in [2.24, 2.45) is 0 Å². The van der Waals surface area contributed by atoms with Gasteiger partial charge in [0, 0.05) is 31.7 Å². The van der Waals surface area contributed by atoms with Gasteiger partial charge >= 0.3 is 0 Å². The highest BCUT2D eigenvalue weighted by Gasteiger charge is 2.14. The predicted octanol–water partition coefficient (Wildman–Crippen LogP) is 3.68. The van der Waals surface area contributed by atoms with Gasteiger partial charge in [-0.15, -0.1) is 0 Å². The number of ether oxygens (including phenoxy) is 1. The van der Waals surface area contributed by atoms with Crippen LogP contribution in [0.15, 0.2) is 24.3 Å². The van der Waals surface area contributed by atoms with Crippen molar-refractivity contribution in [3.05, 3.63) is 24.3 Å². The van der Waals surface area contributed by atoms with Crippen LogP contribution in [0.1, 0.15) is 46.0 Å². The fourth-order valence-electron chi connectivity index (χ4n) is 2.72. The maximum absolute atomic E-state index is 12.2. The topological polar surface area (TPSA) is 41.6 Å². The monoisotopic (exact) mass is 304 g/mol. The highest BCUT2D eigenvalue weighted by molar-refractivity contribution is 5.76. The third-order valence-electron chi connectivity index (χ3n) is 3.85. The third kappa shape index (κ3) is 5.58. The van der Waals surface area contributed by atoms with Crippen molar-refractivity contribution in [1.29, 1.82) is 0 Å². The molecule has 2 rings (SSSR count). The van der Waals surface area contributed by atoms with Gasteiger partial charge in [-0.3, -0.25) is 4.79 Å². The fraction of sp³-hybridized carbons (Fsp3) is 0.611. The number of anilines is 1. The summed E-state index contributed by atoms with van der Waals surface area (Å²) in [6.07, 6.45) is 5.56. The molecule has 1 aromatic rings. The first kappa shape index (κ1) is 16.7. The second-order valence-corrected chi connectivity index (χ2v) is 6.16. The Morgan fingerprint density at radius 2 is 1.77 bits per heavy atom. The van der Waals surface area contributed by atoms with E-state index in [2.05, 4.69) is 5.32 Å². The Labute approximate surface area is 133 Å². The second-order valence-electron chi connectivity index (χ2n) is 6.16. The summed E-state index contributed by atoms with van der Waals surface area (Å²) in [6, 6.07) is 7.90. The van der Waals surface area contributed by atoms with E-state index in [0.717, 1.165) is 37.4 Å². The minimum Gasteiger partial charge on any atom is -0.491 e. The first-order chi connectivity index (χ1) is 10.6. The maximum Gasteiger partial charge on any atom is 0.224 e. The average Bonchev–Trinajstić information content (AvgIpc) is 2.77. The van der Waals surface area contributed by atoms with Gasteiger partial charge in [0.05, 0.1) is 6.10 Å². The molecule has 22 heavy (non-hydrogen) atoms. The van der Waals surface area contributed by atoms with E-state index in [4.69, 9.17) is 4.74 Å². The van der Waals surface area contributed by atoms with Crippen LogP contribution in [0.5, 0.6) is 5.75 Å². The van der Waals surface area contributed by atoms with Gasteiger partial charge in [0.25, 0.3) is 0 Å². The van der Waals surface area contributed by atoms with Gasteiger partial charge in [-0.25, -0.2) is 0 Å². The zero-order chi connectivity index (χ0) is 15.8. The number of carbonyl (C=O) groups is 1. The Morgan fingerprint density at radius 3 is 2.36 bits per heavy atom. The molecule has 1 N–H and O–H groups in total. The number of rotatable bonds is 6. The molecular formula is C18H28N2O2. The molecule has 1 aliphatic rings. The van der Waals surface area contributed by atoms with Crippen LogP contribution in [0.25, 0.3) is 0 Å². The molecule has 0 unspecified atom stereocenters. The summed E-state index contributed by atoms with van der Waals surface area (Å²) in [6.45, 7) is 6.57. The van der Waals surface area contributed by atoms with E-state index in [0.29, 0.717) is 13.0 Å². The van der Waals surface area contributed by atoms with Crippen LogP contribution < -0.4 is 10.1 Å². The zero-order valence-corrected chi connectivity index (χ0v) is 13.8. The first-order valence-electron chi connectivity index (χ1n) is 8.43. The van der Waals surface area contributed by atoms with Gasteiger partial charge in [0.15, 0.2) is 0 Å². The Hall–Kier alpha value is -1.71. The number of hydrogen-bond donors (Lipinski definition) is 1. The van der Waals surface area contributed by atoms with Crippen molar-refractivity contribution in [2.75, 3.05) is 25.0 Å². The molecule has 1 aliphatic heterocycles. The highest BCUT2D eigenvalue weighted by Crippen LogP contribution is 2.17. The van der Waals surface area contributed by atoms with Crippen molar-refractivity contribution < 1.29 is 9.53 Å². The molecule has 0 bridgehead atoms. The average molecular weight is 304 g/mol. The van der Waals surface area contributed by atoms with Crippen LogP contribution in [-0.4, -0.2) is 36.5 Å². The van der Waals surface area contributed by atoms with Crippen LogP contribution in [-0.2, 0) is 4.79 Å². The standard InChI is InChI=1S/C18H28N2O2/c1-15(2)22-17-9-7-16(8-10-17)19-12-11-18(21)20-13-5-3-4-6-14-20/h7-10,15,19H,3-6,11-14H2,1-2H3. The van der Waals surface area contributed by atoms with E-state index >= 15 is 0 Å². The van der Waals surface area contributed by atoms with Gasteiger partial charge in [0.2, 0.25) is 5.91 Å². The van der Waals surface area contributed by atoms with Crippen molar-refractivity contribution in [2.45, 2.75) is 52.1 Å². The van der Waals surface area contributed by atoms with Gasteiger partial charge in [-0.05, 0) is 51.0 Å². The van der Waals surface area contributed by atoms with E-state index in [1.54, 1.807) is 0 Å². The number of hydrogen-bond acceptors (Lipinski definition) is 3. The molecule has 4 heteroatoms. The van der Waals surface area contributed by atoms with E-state index in [-0.39, 0.29) is 12.0 Å². The van der Waals surface area contributed by atoms with Crippen molar-refractivity contribution in [1.82, 2.24) is 4.90 Å². The molecule has 1 saturated heterocycles. The number of carbonyl (C=O) groups excluding carboxylic acids is 1. The molecule has 1 fully saturated rings. The predicted molar refractivity (Wildman–Crippen MR) is 90.4 cm³/mol. The minimum atomic E-state index is 0.185. The van der Waals surface area contributed by atoms with Gasteiger partial charge < -0.3 is 15.0 Å². The molecule has 4 nitrogen and oxygen atoms in total. The van der Waals surface area contributed by atoms with E-state index < -0.39 is 0 Å². The normalized spacial score (nSPS) is 15.5. The summed E-state index contributed by atoms with van der Waals surface area (Å²) >= 11 is 0. The summed E-state index contributed by atoms with van der Waals surface area (Å²) < 4.78 is 5.61. The molecule has 0 atom stereocenters. The van der Waals surface area contributed by atoms with Crippen molar-refractivity contribution in [3.63, 3.8) is 0 Å². The largest absolute Gasteiger partial charge is 0.491 e. The molecule has 0 saturated carbocycles. The van der Waals surface area contributed by atoms with Crippen LogP contribution in [0.3, 0.4) is 0 Å². The van der Waals surface area contributed by atoms with Gasteiger partial charge in [-0.2, -0.15) is 0 Å². The quantitative estimate of drug-likeness (QED) is 0.871. The molecule has 1 amide bonds. The van der Waals surface area contributed by atoms with E-state index in [1.807, 2.05) is 43.0 Å². The van der Waals surface area contributed by atoms with E-state index in [1.165, 1.54) is 12.8 Å². The summed E-state index contributed by atoms with van der Waals surface area (Å²) in [5, 5.41) is 3.31. The molecule has 0 spiro atoms. The smallest absolute Gasteiger partial charge is 0.224 e. The lowest BCUT2D eigenvalue weighted by Gasteiger charge is -2.20. The Bertz CT molecular complexity index is 449. The van der Waals surface area contributed by atoms with Crippen LogP contribution in [0, 0.1) is 0 Å². The lowest BCUT2D eigenvalue weighted by atomic mass is 10.2. The minimum absolute atomic E-state index is 0.185. The zero-order valence-electron chi connectivity index (χ0n) is 13.8. The van der Waals surface area contributed by atoms with Crippen LogP contribution in [0.4, 0.5) is 5.69 Å². The SMILES string of the molecule is CC(C)Oc1ccc(NCCC(=O)N2CCCCCC2)cc1. The van der Waals surface area contributed by atoms with Crippen molar-refractivity contribution in [3.8, 4) is 5.75 Å². The number of benzene rings is 1. The number of nitrogens with one attached hydrogen (secondary N) is 1. The second kappa shape index (κ2) is 8.66. The lowest BCUT2D eigenvalue weighted by Crippen LogP contribution is -2.32. The highest BCUT2D eigenvalue weighted by atomic mass is 16.5. The number of nitrogens with zero attached hydrogens (tertiary/aromatic N) is 1.